The molecule has 0 bridgehead atoms. The molecule has 1 aromatic carbocycles. The van der Waals surface area contributed by atoms with Gasteiger partial charge in [0.2, 0.25) is 16.0 Å². The normalized spacial score (nSPS) is 17.2. The summed E-state index contributed by atoms with van der Waals surface area (Å²) in [7, 11) is -3.82. The summed E-state index contributed by atoms with van der Waals surface area (Å²) in [6.07, 6.45) is 4.90. The Morgan fingerprint density at radius 1 is 0.947 bits per heavy atom. The average molecular weight is 554 g/mol. The van der Waals surface area contributed by atoms with Gasteiger partial charge in [-0.3, -0.25) is 0 Å². The summed E-state index contributed by atoms with van der Waals surface area (Å²) in [6, 6.07) is 3.86. The number of aromatic nitrogens is 4. The summed E-state index contributed by atoms with van der Waals surface area (Å²) in [5.41, 5.74) is 10.1. The lowest BCUT2D eigenvalue weighted by atomic mass is 10.0. The number of anilines is 2. The van der Waals surface area contributed by atoms with Gasteiger partial charge in [0.15, 0.2) is 5.82 Å². The number of aryl methyl sites for hydroxylation is 1. The Balaban J connectivity index is 1.53. The van der Waals surface area contributed by atoms with Gasteiger partial charge in [0.05, 0.1) is 47.1 Å². The van der Waals surface area contributed by atoms with Crippen LogP contribution in [0.3, 0.4) is 0 Å². The molecule has 0 atom stereocenters. The number of nitrogens with two attached hydrogens (primary N) is 1. The third-order valence-corrected chi connectivity index (χ3v) is 9.59. The van der Waals surface area contributed by atoms with E-state index in [0.29, 0.717) is 75.1 Å². The first-order valence-corrected chi connectivity index (χ1v) is 14.6. The number of thiophene rings is 1. The monoisotopic (exact) mass is 553 g/mol. The van der Waals surface area contributed by atoms with Gasteiger partial charge < -0.3 is 20.1 Å². The lowest BCUT2D eigenvalue weighted by molar-refractivity contribution is 0.0730. The Hall–Kier alpha value is -3.23. The number of benzene rings is 1. The summed E-state index contributed by atoms with van der Waals surface area (Å²) in [5, 5.41) is 1.96. The Morgan fingerprint density at radius 3 is 2.34 bits per heavy atom. The molecule has 2 fully saturated rings. The van der Waals surface area contributed by atoms with Crippen molar-refractivity contribution in [3.8, 4) is 22.5 Å². The number of nitrogen functional groups attached to an aromatic ring is 1. The number of fused-ring (bicyclic) bond motifs is 1. The van der Waals surface area contributed by atoms with Gasteiger partial charge in [-0.2, -0.15) is 4.31 Å². The molecule has 198 valence electrons. The van der Waals surface area contributed by atoms with Crippen LogP contribution in [-0.2, 0) is 19.5 Å². The Morgan fingerprint density at radius 2 is 1.63 bits per heavy atom. The van der Waals surface area contributed by atoms with Crippen LogP contribution in [0, 0.1) is 6.92 Å². The van der Waals surface area contributed by atoms with Gasteiger partial charge in [0.25, 0.3) is 0 Å². The quantitative estimate of drug-likeness (QED) is 0.393. The first kappa shape index (κ1) is 25.1. The van der Waals surface area contributed by atoms with Crippen molar-refractivity contribution in [3.63, 3.8) is 0 Å². The van der Waals surface area contributed by atoms with Crippen molar-refractivity contribution >= 4 is 43.2 Å². The van der Waals surface area contributed by atoms with Crippen molar-refractivity contribution in [2.45, 2.75) is 11.8 Å². The first-order chi connectivity index (χ1) is 18.4. The summed E-state index contributed by atoms with van der Waals surface area (Å²) >= 11 is 1.48. The molecule has 2 saturated heterocycles. The minimum absolute atomic E-state index is 0.167. The molecular weight excluding hydrogens is 526 g/mol. The molecule has 0 unspecified atom stereocenters. The fourth-order valence-electron chi connectivity index (χ4n) is 4.81. The van der Waals surface area contributed by atoms with Crippen LogP contribution in [0.15, 0.2) is 41.0 Å². The zero-order valence-electron chi connectivity index (χ0n) is 20.8. The number of hydrogen-bond donors (Lipinski definition) is 1. The maximum atomic E-state index is 14.1. The highest BCUT2D eigenvalue weighted by molar-refractivity contribution is 7.89. The van der Waals surface area contributed by atoms with Crippen LogP contribution >= 0.6 is 11.3 Å². The van der Waals surface area contributed by atoms with Gasteiger partial charge in [-0.25, -0.2) is 28.4 Å². The van der Waals surface area contributed by atoms with Gasteiger partial charge in [-0.15, -0.1) is 11.3 Å². The van der Waals surface area contributed by atoms with E-state index < -0.39 is 10.0 Å². The lowest BCUT2D eigenvalue weighted by Gasteiger charge is -2.31. The summed E-state index contributed by atoms with van der Waals surface area (Å²) in [6.45, 7) is 5.96. The number of rotatable bonds is 5. The molecule has 13 heteroatoms. The second-order valence-corrected chi connectivity index (χ2v) is 12.0. The molecule has 2 aliphatic rings. The lowest BCUT2D eigenvalue weighted by Crippen LogP contribution is -2.41. The van der Waals surface area contributed by atoms with E-state index in [4.69, 9.17) is 20.2 Å². The minimum Gasteiger partial charge on any atom is -0.379 e. The zero-order valence-corrected chi connectivity index (χ0v) is 22.5. The number of morpholine rings is 2. The van der Waals surface area contributed by atoms with Crippen LogP contribution in [0.4, 0.5) is 11.6 Å². The van der Waals surface area contributed by atoms with Crippen LogP contribution < -0.4 is 10.6 Å². The fourth-order valence-corrected chi connectivity index (χ4v) is 7.37. The van der Waals surface area contributed by atoms with Gasteiger partial charge in [0.1, 0.15) is 0 Å². The second kappa shape index (κ2) is 10.2. The van der Waals surface area contributed by atoms with Crippen molar-refractivity contribution in [1.29, 1.82) is 0 Å². The van der Waals surface area contributed by atoms with Crippen molar-refractivity contribution in [3.05, 3.63) is 41.7 Å². The van der Waals surface area contributed by atoms with E-state index >= 15 is 0 Å². The van der Waals surface area contributed by atoms with E-state index in [2.05, 4.69) is 25.9 Å². The summed E-state index contributed by atoms with van der Waals surface area (Å²) in [4.78, 5) is 19.8. The minimum atomic E-state index is -3.82. The van der Waals surface area contributed by atoms with Crippen LogP contribution in [0.1, 0.15) is 5.56 Å². The van der Waals surface area contributed by atoms with E-state index in [0.717, 1.165) is 21.5 Å². The van der Waals surface area contributed by atoms with Crippen LogP contribution in [-0.4, -0.2) is 85.3 Å². The second-order valence-electron chi connectivity index (χ2n) is 9.14. The fraction of sp³-hybridized carbons (Fsp3) is 0.360. The molecule has 0 saturated carbocycles. The Bertz CT molecular complexity index is 1580. The molecule has 11 nitrogen and oxygen atoms in total. The molecule has 0 aliphatic carbocycles. The third-order valence-electron chi connectivity index (χ3n) is 6.76. The number of nitrogens with zero attached hydrogens (tertiary/aromatic N) is 6. The van der Waals surface area contributed by atoms with Crippen LogP contribution in [0.5, 0.6) is 0 Å². The highest BCUT2D eigenvalue weighted by atomic mass is 32.2. The molecule has 2 aliphatic heterocycles. The smallest absolute Gasteiger partial charge is 0.243 e. The van der Waals surface area contributed by atoms with Gasteiger partial charge in [0, 0.05) is 67.0 Å². The number of hydrogen-bond acceptors (Lipinski definition) is 11. The molecule has 0 spiro atoms. The maximum absolute atomic E-state index is 14.1. The van der Waals surface area contributed by atoms with Gasteiger partial charge in [-0.1, -0.05) is 0 Å². The molecule has 38 heavy (non-hydrogen) atoms. The van der Waals surface area contributed by atoms with Crippen molar-refractivity contribution in [2.75, 3.05) is 63.2 Å². The highest BCUT2D eigenvalue weighted by Gasteiger charge is 2.32. The molecule has 6 rings (SSSR count). The average Bonchev–Trinajstić information content (AvgIpc) is 3.37. The molecule has 4 aromatic rings. The molecule has 3 aromatic heterocycles. The SMILES string of the molecule is Cc1cc(N2CCOCC2)cc(S(=O)(=O)N2CCOCC2)c1-c1csc2cnc(-c3cnc(N)nc3)nc12. The summed E-state index contributed by atoms with van der Waals surface area (Å²) in [5.74, 6) is 0.609. The van der Waals surface area contributed by atoms with Gasteiger partial charge >= 0.3 is 0 Å². The molecule has 0 radical (unpaired) electrons. The zero-order chi connectivity index (χ0) is 26.3. The van der Waals surface area contributed by atoms with E-state index in [1.165, 1.54) is 15.6 Å². The van der Waals surface area contributed by atoms with Crippen LogP contribution in [0.25, 0.3) is 32.7 Å². The topological polar surface area (TPSA) is 137 Å². The summed E-state index contributed by atoms with van der Waals surface area (Å²) < 4.78 is 41.6. The first-order valence-electron chi connectivity index (χ1n) is 12.3. The molecule has 2 N–H and O–H groups in total. The van der Waals surface area contributed by atoms with E-state index in [1.54, 1.807) is 24.7 Å². The van der Waals surface area contributed by atoms with Crippen molar-refractivity contribution in [2.24, 2.45) is 0 Å². The molecule has 5 heterocycles. The van der Waals surface area contributed by atoms with Gasteiger partial charge in [-0.05, 0) is 24.6 Å². The van der Waals surface area contributed by atoms with Crippen molar-refractivity contribution in [1.82, 2.24) is 24.2 Å². The highest BCUT2D eigenvalue weighted by Crippen LogP contribution is 2.41. The molecule has 0 amide bonds. The standard InChI is InChI=1S/C25H27N7O4S2/c1-16-10-18(31-2-6-35-7-3-31)11-21(38(33,34)32-4-8-36-9-5-32)22(16)19-15-37-20-14-27-24(30-23(19)20)17-12-28-25(26)29-13-17/h10-15H,2-9H2,1H3,(H2,26,28,29). The predicted octanol–water partition coefficient (Wildman–Crippen LogP) is 2.56. The Kier molecular flexibility index (Phi) is 6.70. The van der Waals surface area contributed by atoms with Crippen LogP contribution in [0.2, 0.25) is 0 Å². The Labute approximate surface area is 224 Å². The van der Waals surface area contributed by atoms with E-state index in [9.17, 15) is 8.42 Å². The van der Waals surface area contributed by atoms with E-state index in [1.807, 2.05) is 12.3 Å². The number of sulfonamides is 1. The third kappa shape index (κ3) is 4.60. The maximum Gasteiger partial charge on any atom is 0.243 e. The predicted molar refractivity (Wildman–Crippen MR) is 146 cm³/mol. The molecular formula is C25H27N7O4S2. The van der Waals surface area contributed by atoms with E-state index in [-0.39, 0.29) is 10.8 Å². The van der Waals surface area contributed by atoms with Crippen molar-refractivity contribution < 1.29 is 17.9 Å². The number of ether oxygens (including phenoxy) is 2. The largest absolute Gasteiger partial charge is 0.379 e.